The Morgan fingerprint density at radius 2 is 1.85 bits per heavy atom. The van der Waals surface area contributed by atoms with Crippen LogP contribution < -0.4 is 10.1 Å². The van der Waals surface area contributed by atoms with Gasteiger partial charge < -0.3 is 15.0 Å². The number of likely N-dealkylation sites (N-methyl/N-ethyl adjacent to an activating group) is 1. The second kappa shape index (κ2) is 10.2. The van der Waals surface area contributed by atoms with Crippen molar-refractivity contribution in [3.8, 4) is 5.75 Å². The molecule has 1 unspecified atom stereocenters. The molecule has 1 aliphatic rings. The fourth-order valence-electron chi connectivity index (χ4n) is 3.08. The van der Waals surface area contributed by atoms with E-state index < -0.39 is 0 Å². The molecule has 6 nitrogen and oxygen atoms in total. The zero-order valence-corrected chi connectivity index (χ0v) is 16.2. The van der Waals surface area contributed by atoms with E-state index in [-0.39, 0.29) is 18.4 Å². The summed E-state index contributed by atoms with van der Waals surface area (Å²) in [6.45, 7) is 10.0. The van der Waals surface area contributed by atoms with Crippen LogP contribution in [0, 0.1) is 0 Å². The van der Waals surface area contributed by atoms with Crippen molar-refractivity contribution >= 4 is 11.8 Å². The third-order valence-electron chi connectivity index (χ3n) is 4.88. The van der Waals surface area contributed by atoms with Gasteiger partial charge in [-0.1, -0.05) is 32.0 Å². The molecule has 0 radical (unpaired) electrons. The quantitative estimate of drug-likeness (QED) is 0.768. The lowest BCUT2D eigenvalue weighted by molar-refractivity contribution is -0.135. The Kier molecular flexibility index (Phi) is 7.91. The average molecular weight is 361 g/mol. The van der Waals surface area contributed by atoms with E-state index in [4.69, 9.17) is 4.74 Å². The van der Waals surface area contributed by atoms with Crippen LogP contribution in [0.25, 0.3) is 0 Å². The number of benzene rings is 1. The standard InChI is InChI=1S/C20H31N3O3/c1-4-16(3)17-8-6-7-9-18(17)26-15-20(25)23-12-10-22(11-13-23)14-19(24)21-5-2/h6-9,16H,4-5,10-15H2,1-3H3,(H,21,24). The van der Waals surface area contributed by atoms with E-state index in [1.807, 2.05) is 30.0 Å². The Labute approximate surface area is 156 Å². The minimum Gasteiger partial charge on any atom is -0.483 e. The molecule has 1 aromatic rings. The van der Waals surface area contributed by atoms with Crippen LogP contribution >= 0.6 is 0 Å². The van der Waals surface area contributed by atoms with Gasteiger partial charge in [0.2, 0.25) is 5.91 Å². The molecule has 1 fully saturated rings. The Bertz CT molecular complexity index is 598. The molecule has 26 heavy (non-hydrogen) atoms. The van der Waals surface area contributed by atoms with Crippen molar-refractivity contribution in [3.05, 3.63) is 29.8 Å². The van der Waals surface area contributed by atoms with E-state index >= 15 is 0 Å². The van der Waals surface area contributed by atoms with Gasteiger partial charge in [0.1, 0.15) is 5.75 Å². The van der Waals surface area contributed by atoms with Gasteiger partial charge in [-0.2, -0.15) is 0 Å². The lowest BCUT2D eigenvalue weighted by Gasteiger charge is -2.34. The molecule has 2 amide bonds. The summed E-state index contributed by atoms with van der Waals surface area (Å²) >= 11 is 0. The number of carbonyl (C=O) groups is 2. The van der Waals surface area contributed by atoms with Crippen molar-refractivity contribution in [2.75, 3.05) is 45.9 Å². The van der Waals surface area contributed by atoms with Crippen LogP contribution in [0.5, 0.6) is 5.75 Å². The Morgan fingerprint density at radius 3 is 2.50 bits per heavy atom. The number of carbonyl (C=O) groups excluding carboxylic acids is 2. The molecule has 1 N–H and O–H groups in total. The lowest BCUT2D eigenvalue weighted by atomic mass is 9.98. The van der Waals surface area contributed by atoms with Crippen molar-refractivity contribution in [1.29, 1.82) is 0 Å². The summed E-state index contributed by atoms with van der Waals surface area (Å²) in [5.41, 5.74) is 1.15. The Balaban J connectivity index is 1.80. The van der Waals surface area contributed by atoms with Crippen LogP contribution in [-0.2, 0) is 9.59 Å². The van der Waals surface area contributed by atoms with Gasteiger partial charge in [0, 0.05) is 32.7 Å². The number of hydrogen-bond acceptors (Lipinski definition) is 4. The van der Waals surface area contributed by atoms with Gasteiger partial charge >= 0.3 is 0 Å². The van der Waals surface area contributed by atoms with Crippen LogP contribution in [0.3, 0.4) is 0 Å². The minimum absolute atomic E-state index is 0.00149. The van der Waals surface area contributed by atoms with Crippen LogP contribution in [0.2, 0.25) is 0 Å². The molecule has 1 aromatic carbocycles. The summed E-state index contributed by atoms with van der Waals surface area (Å²) in [6.07, 6.45) is 1.03. The minimum atomic E-state index is 0.00149. The van der Waals surface area contributed by atoms with Crippen LogP contribution in [0.4, 0.5) is 0 Å². The summed E-state index contributed by atoms with van der Waals surface area (Å²) < 4.78 is 5.83. The topological polar surface area (TPSA) is 61.9 Å². The first kappa shape index (κ1) is 20.2. The highest BCUT2D eigenvalue weighted by molar-refractivity contribution is 5.79. The van der Waals surface area contributed by atoms with Gasteiger partial charge in [-0.3, -0.25) is 14.5 Å². The highest BCUT2D eigenvalue weighted by Crippen LogP contribution is 2.28. The smallest absolute Gasteiger partial charge is 0.260 e. The first-order chi connectivity index (χ1) is 12.5. The second-order valence-corrected chi connectivity index (χ2v) is 6.75. The van der Waals surface area contributed by atoms with Gasteiger partial charge in [-0.15, -0.1) is 0 Å². The van der Waals surface area contributed by atoms with E-state index in [1.54, 1.807) is 0 Å². The fraction of sp³-hybridized carbons (Fsp3) is 0.600. The van der Waals surface area contributed by atoms with Crippen molar-refractivity contribution in [2.45, 2.75) is 33.1 Å². The molecular weight excluding hydrogens is 330 g/mol. The maximum atomic E-state index is 12.5. The Morgan fingerprint density at radius 1 is 1.15 bits per heavy atom. The second-order valence-electron chi connectivity index (χ2n) is 6.75. The van der Waals surface area contributed by atoms with Crippen LogP contribution in [-0.4, -0.2) is 67.5 Å². The van der Waals surface area contributed by atoms with Crippen LogP contribution in [0.1, 0.15) is 38.7 Å². The van der Waals surface area contributed by atoms with E-state index in [1.165, 1.54) is 0 Å². The van der Waals surface area contributed by atoms with E-state index in [9.17, 15) is 9.59 Å². The van der Waals surface area contributed by atoms with Crippen LogP contribution in [0.15, 0.2) is 24.3 Å². The number of rotatable bonds is 8. The average Bonchev–Trinajstić information content (AvgIpc) is 2.66. The molecule has 2 rings (SSSR count). The van der Waals surface area contributed by atoms with E-state index in [0.717, 1.165) is 17.7 Å². The lowest BCUT2D eigenvalue weighted by Crippen LogP contribution is -2.52. The Hall–Kier alpha value is -2.08. The summed E-state index contributed by atoms with van der Waals surface area (Å²) in [6, 6.07) is 7.93. The number of ether oxygens (including phenoxy) is 1. The largest absolute Gasteiger partial charge is 0.483 e. The molecule has 0 aromatic heterocycles. The van der Waals surface area contributed by atoms with Crippen molar-refractivity contribution in [3.63, 3.8) is 0 Å². The molecule has 1 atom stereocenters. The van der Waals surface area contributed by atoms with Gasteiger partial charge in [-0.05, 0) is 30.9 Å². The SMILES string of the molecule is CCNC(=O)CN1CCN(C(=O)COc2ccccc2C(C)CC)CC1. The molecule has 0 spiro atoms. The monoisotopic (exact) mass is 361 g/mol. The first-order valence-corrected chi connectivity index (χ1v) is 9.53. The summed E-state index contributed by atoms with van der Waals surface area (Å²) in [5, 5.41) is 2.80. The molecule has 6 heteroatoms. The zero-order chi connectivity index (χ0) is 18.9. The number of piperazine rings is 1. The molecular formula is C20H31N3O3. The summed E-state index contributed by atoms with van der Waals surface area (Å²) in [4.78, 5) is 28.0. The molecule has 0 aliphatic carbocycles. The predicted molar refractivity (Wildman–Crippen MR) is 102 cm³/mol. The summed E-state index contributed by atoms with van der Waals surface area (Å²) in [7, 11) is 0. The normalized spacial score (nSPS) is 16.2. The molecule has 0 bridgehead atoms. The van der Waals surface area contributed by atoms with E-state index in [0.29, 0.717) is 45.2 Å². The maximum absolute atomic E-state index is 12.5. The summed E-state index contributed by atoms with van der Waals surface area (Å²) in [5.74, 6) is 1.24. The fourth-order valence-corrected chi connectivity index (χ4v) is 3.08. The number of amides is 2. The molecule has 1 aliphatic heterocycles. The molecule has 1 saturated heterocycles. The maximum Gasteiger partial charge on any atom is 0.260 e. The van der Waals surface area contributed by atoms with E-state index in [2.05, 4.69) is 30.1 Å². The number of hydrogen-bond donors (Lipinski definition) is 1. The van der Waals surface area contributed by atoms with Crippen molar-refractivity contribution < 1.29 is 14.3 Å². The van der Waals surface area contributed by atoms with Crippen molar-refractivity contribution in [1.82, 2.24) is 15.1 Å². The van der Waals surface area contributed by atoms with Gasteiger partial charge in [-0.25, -0.2) is 0 Å². The first-order valence-electron chi connectivity index (χ1n) is 9.53. The number of nitrogens with one attached hydrogen (secondary N) is 1. The van der Waals surface area contributed by atoms with Gasteiger partial charge in [0.05, 0.1) is 6.54 Å². The highest BCUT2D eigenvalue weighted by atomic mass is 16.5. The third kappa shape index (κ3) is 5.73. The van der Waals surface area contributed by atoms with Gasteiger partial charge in [0.15, 0.2) is 6.61 Å². The highest BCUT2D eigenvalue weighted by Gasteiger charge is 2.23. The molecule has 144 valence electrons. The van der Waals surface area contributed by atoms with Crippen molar-refractivity contribution in [2.24, 2.45) is 0 Å². The number of nitrogens with zero attached hydrogens (tertiary/aromatic N) is 2. The third-order valence-corrected chi connectivity index (χ3v) is 4.88. The molecule has 1 heterocycles. The molecule has 0 saturated carbocycles. The zero-order valence-electron chi connectivity index (χ0n) is 16.2. The predicted octanol–water partition coefficient (Wildman–Crippen LogP) is 1.86. The number of para-hydroxylation sites is 1. The van der Waals surface area contributed by atoms with Gasteiger partial charge in [0.25, 0.3) is 5.91 Å².